The molecule has 0 aromatic heterocycles. The molecule has 0 atom stereocenters. The number of hydrogen-bond donors (Lipinski definition) is 2. The predicted molar refractivity (Wildman–Crippen MR) is 52.3 cm³/mol. The molecule has 0 spiro atoms. The number of benzene rings is 1. The molecule has 0 aliphatic heterocycles. The molecular formula is C9H7ClN2O2. The maximum absolute atomic E-state index is 11.2. The van der Waals surface area contributed by atoms with E-state index in [2.05, 4.69) is 0 Å². The number of nitrogen functional groups attached to an aromatic ring is 1. The molecule has 72 valence electrons. The van der Waals surface area contributed by atoms with Gasteiger partial charge in [-0.25, -0.2) is 0 Å². The molecule has 0 radical (unpaired) electrons. The molecular weight excluding hydrogens is 204 g/mol. The SMILES string of the molecule is N#Cc1cc(N)c(C(=O)CCl)c(O)c1. The number of nitrogens with two attached hydrogens (primary N) is 1. The average Bonchev–Trinajstić information content (AvgIpc) is 2.16. The van der Waals surface area contributed by atoms with E-state index in [0.717, 1.165) is 0 Å². The van der Waals surface area contributed by atoms with Gasteiger partial charge in [0.1, 0.15) is 5.75 Å². The highest BCUT2D eigenvalue weighted by Crippen LogP contribution is 2.26. The lowest BCUT2D eigenvalue weighted by Crippen LogP contribution is -2.05. The number of carbonyl (C=O) groups is 1. The number of anilines is 1. The van der Waals surface area contributed by atoms with Gasteiger partial charge in [-0.15, -0.1) is 11.6 Å². The molecule has 0 saturated carbocycles. The van der Waals surface area contributed by atoms with Gasteiger partial charge in [-0.05, 0) is 12.1 Å². The number of nitrogens with zero attached hydrogens (tertiary/aromatic N) is 1. The molecule has 0 bridgehead atoms. The summed E-state index contributed by atoms with van der Waals surface area (Å²) in [5, 5.41) is 17.9. The molecule has 0 amide bonds. The normalized spacial score (nSPS) is 9.43. The fourth-order valence-electron chi connectivity index (χ4n) is 1.08. The molecule has 0 heterocycles. The van der Waals surface area contributed by atoms with Crippen molar-refractivity contribution in [3.63, 3.8) is 0 Å². The number of aromatic hydroxyl groups is 1. The van der Waals surface area contributed by atoms with E-state index in [1.54, 1.807) is 0 Å². The molecule has 0 aliphatic carbocycles. The van der Waals surface area contributed by atoms with Gasteiger partial charge in [0.05, 0.1) is 23.1 Å². The molecule has 0 fully saturated rings. The number of rotatable bonds is 2. The van der Waals surface area contributed by atoms with E-state index in [9.17, 15) is 9.90 Å². The Bertz CT molecular complexity index is 400. The van der Waals surface area contributed by atoms with E-state index in [-0.39, 0.29) is 28.4 Å². The zero-order valence-electron chi connectivity index (χ0n) is 7.12. The predicted octanol–water partition coefficient (Wildman–Crippen LogP) is 1.27. The first kappa shape index (κ1) is 10.4. The first-order valence-electron chi connectivity index (χ1n) is 3.72. The second-order valence-electron chi connectivity index (χ2n) is 2.63. The van der Waals surface area contributed by atoms with E-state index in [1.807, 2.05) is 6.07 Å². The lowest BCUT2D eigenvalue weighted by Gasteiger charge is -2.05. The average molecular weight is 211 g/mol. The Labute approximate surface area is 85.5 Å². The molecule has 1 aromatic carbocycles. The third-order valence-electron chi connectivity index (χ3n) is 1.68. The van der Waals surface area contributed by atoms with Crippen LogP contribution in [0.4, 0.5) is 5.69 Å². The van der Waals surface area contributed by atoms with Crippen LogP contribution >= 0.6 is 11.6 Å². The van der Waals surface area contributed by atoms with Gasteiger partial charge in [-0.3, -0.25) is 4.79 Å². The Hall–Kier alpha value is -1.73. The van der Waals surface area contributed by atoms with Crippen molar-refractivity contribution >= 4 is 23.1 Å². The van der Waals surface area contributed by atoms with Gasteiger partial charge in [0, 0.05) is 5.69 Å². The number of alkyl halides is 1. The number of carbonyl (C=O) groups excluding carboxylic acids is 1. The Balaban J connectivity index is 3.34. The summed E-state index contributed by atoms with van der Waals surface area (Å²) < 4.78 is 0. The number of hydrogen-bond acceptors (Lipinski definition) is 4. The maximum atomic E-state index is 11.2. The second-order valence-corrected chi connectivity index (χ2v) is 2.90. The molecule has 0 aliphatic rings. The van der Waals surface area contributed by atoms with Crippen molar-refractivity contribution in [3.8, 4) is 11.8 Å². The molecule has 1 aromatic rings. The van der Waals surface area contributed by atoms with Gasteiger partial charge >= 0.3 is 0 Å². The van der Waals surface area contributed by atoms with Crippen LogP contribution in [0.25, 0.3) is 0 Å². The molecule has 1 rings (SSSR count). The molecule has 14 heavy (non-hydrogen) atoms. The van der Waals surface area contributed by atoms with E-state index in [4.69, 9.17) is 22.6 Å². The summed E-state index contributed by atoms with van der Waals surface area (Å²) >= 11 is 5.32. The summed E-state index contributed by atoms with van der Waals surface area (Å²) in [6.45, 7) is 0. The minimum absolute atomic E-state index is 0.0287. The van der Waals surface area contributed by atoms with Gasteiger partial charge < -0.3 is 10.8 Å². The summed E-state index contributed by atoms with van der Waals surface area (Å²) in [5.41, 5.74) is 5.72. The molecule has 3 N–H and O–H groups in total. The standard InChI is InChI=1S/C9H7ClN2O2/c10-3-8(14)9-6(12)1-5(4-11)2-7(9)13/h1-2,13H,3,12H2. The van der Waals surface area contributed by atoms with Crippen LogP contribution in [0.5, 0.6) is 5.75 Å². The maximum Gasteiger partial charge on any atom is 0.183 e. The lowest BCUT2D eigenvalue weighted by atomic mass is 10.1. The van der Waals surface area contributed by atoms with E-state index >= 15 is 0 Å². The highest BCUT2D eigenvalue weighted by molar-refractivity contribution is 6.31. The van der Waals surface area contributed by atoms with E-state index < -0.39 is 5.78 Å². The van der Waals surface area contributed by atoms with Gasteiger partial charge in [-0.2, -0.15) is 5.26 Å². The highest BCUT2D eigenvalue weighted by Gasteiger charge is 2.14. The van der Waals surface area contributed by atoms with Crippen LogP contribution in [0.1, 0.15) is 15.9 Å². The van der Waals surface area contributed by atoms with Crippen molar-refractivity contribution < 1.29 is 9.90 Å². The van der Waals surface area contributed by atoms with Gasteiger partial charge in [0.15, 0.2) is 5.78 Å². The smallest absolute Gasteiger partial charge is 0.183 e. The topological polar surface area (TPSA) is 87.1 Å². The molecule has 5 heteroatoms. The summed E-state index contributed by atoms with van der Waals surface area (Å²) in [5.74, 6) is -1.04. The van der Waals surface area contributed by atoms with E-state index in [0.29, 0.717) is 0 Å². The summed E-state index contributed by atoms with van der Waals surface area (Å²) in [7, 11) is 0. The van der Waals surface area contributed by atoms with Crippen LogP contribution in [0.15, 0.2) is 12.1 Å². The first-order chi connectivity index (χ1) is 6.60. The largest absolute Gasteiger partial charge is 0.507 e. The summed E-state index contributed by atoms with van der Waals surface area (Å²) in [6.07, 6.45) is 0. The number of phenolic OH excluding ortho intramolecular Hbond substituents is 1. The number of halogens is 1. The number of phenols is 1. The first-order valence-corrected chi connectivity index (χ1v) is 4.25. The van der Waals surface area contributed by atoms with Crippen molar-refractivity contribution in [1.82, 2.24) is 0 Å². The monoisotopic (exact) mass is 210 g/mol. The number of ketones is 1. The van der Waals surface area contributed by atoms with Crippen LogP contribution in [-0.2, 0) is 0 Å². The van der Waals surface area contributed by atoms with Gasteiger partial charge in [0.25, 0.3) is 0 Å². The van der Waals surface area contributed by atoms with Gasteiger partial charge in [-0.1, -0.05) is 0 Å². The van der Waals surface area contributed by atoms with Crippen LogP contribution < -0.4 is 5.73 Å². The van der Waals surface area contributed by atoms with Crippen molar-refractivity contribution in [2.45, 2.75) is 0 Å². The Morgan fingerprint density at radius 1 is 1.64 bits per heavy atom. The van der Waals surface area contributed by atoms with Crippen molar-refractivity contribution in [2.75, 3.05) is 11.6 Å². The van der Waals surface area contributed by atoms with Crippen molar-refractivity contribution in [3.05, 3.63) is 23.3 Å². The Morgan fingerprint density at radius 2 is 2.29 bits per heavy atom. The third kappa shape index (κ3) is 1.78. The zero-order valence-corrected chi connectivity index (χ0v) is 7.88. The minimum atomic E-state index is -0.467. The van der Waals surface area contributed by atoms with Crippen LogP contribution in [0, 0.1) is 11.3 Å². The number of Topliss-reactive ketones (excluding diaryl/α,β-unsaturated/α-hetero) is 1. The second kappa shape index (κ2) is 3.99. The summed E-state index contributed by atoms with van der Waals surface area (Å²) in [4.78, 5) is 11.2. The zero-order chi connectivity index (χ0) is 10.7. The highest BCUT2D eigenvalue weighted by atomic mass is 35.5. The third-order valence-corrected chi connectivity index (χ3v) is 1.92. The minimum Gasteiger partial charge on any atom is -0.507 e. The Morgan fingerprint density at radius 3 is 2.71 bits per heavy atom. The van der Waals surface area contributed by atoms with Gasteiger partial charge in [0.2, 0.25) is 0 Å². The fourth-order valence-corrected chi connectivity index (χ4v) is 1.22. The van der Waals surface area contributed by atoms with Crippen molar-refractivity contribution in [2.24, 2.45) is 0 Å². The molecule has 0 saturated heterocycles. The number of nitriles is 1. The quantitative estimate of drug-likeness (QED) is 0.437. The van der Waals surface area contributed by atoms with Crippen molar-refractivity contribution in [1.29, 1.82) is 5.26 Å². The van der Waals surface area contributed by atoms with E-state index in [1.165, 1.54) is 12.1 Å². The fraction of sp³-hybridized carbons (Fsp3) is 0.111. The molecule has 4 nitrogen and oxygen atoms in total. The lowest BCUT2D eigenvalue weighted by molar-refractivity contribution is 0.101. The Kier molecular flexibility index (Phi) is 2.95. The summed E-state index contributed by atoms with van der Waals surface area (Å²) in [6, 6.07) is 4.30. The molecule has 0 unspecified atom stereocenters. The van der Waals surface area contributed by atoms with Crippen LogP contribution in [-0.4, -0.2) is 16.8 Å². The van der Waals surface area contributed by atoms with Crippen LogP contribution in [0.2, 0.25) is 0 Å². The van der Waals surface area contributed by atoms with Crippen LogP contribution in [0.3, 0.4) is 0 Å².